The summed E-state index contributed by atoms with van der Waals surface area (Å²) in [4.78, 5) is 14.7. The molecule has 0 aromatic carbocycles. The Hall–Kier alpha value is -1.03. The molecule has 0 saturated heterocycles. The third kappa shape index (κ3) is 3.52. The van der Waals surface area contributed by atoms with Gasteiger partial charge in [-0.15, -0.1) is 11.3 Å². The van der Waals surface area contributed by atoms with E-state index in [2.05, 4.69) is 18.3 Å². The fourth-order valence-electron chi connectivity index (χ4n) is 1.47. The molecule has 1 rings (SSSR count). The lowest BCUT2D eigenvalue weighted by Crippen LogP contribution is -2.39. The zero-order chi connectivity index (χ0) is 12.0. The first kappa shape index (κ1) is 13.0. The molecule has 4 heteroatoms. The monoisotopic (exact) mass is 240 g/mol. The summed E-state index contributed by atoms with van der Waals surface area (Å²) in [6.07, 6.45) is 2.06. The summed E-state index contributed by atoms with van der Waals surface area (Å²) in [5, 5.41) is 5.12. The van der Waals surface area contributed by atoms with Crippen LogP contribution in [0.15, 0.2) is 17.5 Å². The minimum atomic E-state index is 0.00866. The van der Waals surface area contributed by atoms with Gasteiger partial charge in [0.15, 0.2) is 0 Å². The minimum Gasteiger partial charge on any atom is -0.330 e. The van der Waals surface area contributed by atoms with Crippen molar-refractivity contribution in [3.05, 3.63) is 22.4 Å². The van der Waals surface area contributed by atoms with E-state index in [-0.39, 0.29) is 12.1 Å². The summed E-state index contributed by atoms with van der Waals surface area (Å²) >= 11 is 1.70. The minimum absolute atomic E-state index is 0.00866. The summed E-state index contributed by atoms with van der Waals surface area (Å²) in [7, 11) is 1.81. The zero-order valence-corrected chi connectivity index (χ0v) is 11.0. The number of hydrogen-bond donors (Lipinski definition) is 1. The molecule has 0 bridgehead atoms. The van der Waals surface area contributed by atoms with Gasteiger partial charge in [-0.1, -0.05) is 19.4 Å². The van der Waals surface area contributed by atoms with Crippen molar-refractivity contribution in [3.63, 3.8) is 0 Å². The highest BCUT2D eigenvalue weighted by molar-refractivity contribution is 7.10. The fraction of sp³-hybridized carbons (Fsp3) is 0.583. The molecule has 1 N–H and O–H groups in total. The Bertz CT molecular complexity index is 311. The number of carbonyl (C=O) groups is 1. The number of nitrogens with zero attached hydrogens (tertiary/aromatic N) is 1. The van der Waals surface area contributed by atoms with Crippen molar-refractivity contribution in [3.8, 4) is 0 Å². The fourth-order valence-corrected chi connectivity index (χ4v) is 2.28. The Morgan fingerprint density at radius 1 is 1.56 bits per heavy atom. The molecule has 0 spiro atoms. The van der Waals surface area contributed by atoms with Crippen molar-refractivity contribution in [2.24, 2.45) is 0 Å². The average molecular weight is 240 g/mol. The van der Waals surface area contributed by atoms with Gasteiger partial charge in [0.2, 0.25) is 0 Å². The molecule has 1 unspecified atom stereocenters. The number of carbonyl (C=O) groups excluding carboxylic acids is 1. The van der Waals surface area contributed by atoms with Gasteiger partial charge in [-0.25, -0.2) is 4.79 Å². The van der Waals surface area contributed by atoms with Crippen LogP contribution in [0.3, 0.4) is 0 Å². The molecule has 1 heterocycles. The van der Waals surface area contributed by atoms with Gasteiger partial charge >= 0.3 is 6.03 Å². The number of amides is 2. The molecular weight excluding hydrogens is 220 g/mol. The van der Waals surface area contributed by atoms with E-state index in [0.29, 0.717) is 0 Å². The molecule has 3 nitrogen and oxygen atoms in total. The predicted octanol–water partition coefficient (Wildman–Crippen LogP) is 3.25. The largest absolute Gasteiger partial charge is 0.330 e. The van der Waals surface area contributed by atoms with Crippen LogP contribution in [0.2, 0.25) is 0 Å². The maximum Gasteiger partial charge on any atom is 0.317 e. The zero-order valence-electron chi connectivity index (χ0n) is 10.2. The van der Waals surface area contributed by atoms with Gasteiger partial charge in [0.25, 0.3) is 0 Å². The molecule has 0 aliphatic carbocycles. The van der Waals surface area contributed by atoms with E-state index in [1.54, 1.807) is 16.2 Å². The van der Waals surface area contributed by atoms with Gasteiger partial charge in [0, 0.05) is 18.5 Å². The third-order valence-electron chi connectivity index (χ3n) is 2.58. The van der Waals surface area contributed by atoms with Gasteiger partial charge in [-0.2, -0.15) is 0 Å². The lowest BCUT2D eigenvalue weighted by atomic mass is 10.1. The first-order chi connectivity index (χ1) is 7.69. The van der Waals surface area contributed by atoms with E-state index in [4.69, 9.17) is 0 Å². The van der Waals surface area contributed by atoms with Crippen LogP contribution in [-0.2, 0) is 0 Å². The quantitative estimate of drug-likeness (QED) is 0.842. The van der Waals surface area contributed by atoms with Crippen molar-refractivity contribution in [2.45, 2.75) is 32.7 Å². The molecule has 0 radical (unpaired) electrons. The van der Waals surface area contributed by atoms with E-state index < -0.39 is 0 Å². The van der Waals surface area contributed by atoms with Gasteiger partial charge in [0.05, 0.1) is 6.04 Å². The Morgan fingerprint density at radius 2 is 2.31 bits per heavy atom. The van der Waals surface area contributed by atoms with Gasteiger partial charge in [-0.05, 0) is 24.8 Å². The molecule has 1 aromatic rings. The third-order valence-corrected chi connectivity index (χ3v) is 3.57. The van der Waals surface area contributed by atoms with Crippen LogP contribution < -0.4 is 5.32 Å². The van der Waals surface area contributed by atoms with E-state index in [9.17, 15) is 4.79 Å². The molecule has 16 heavy (non-hydrogen) atoms. The number of urea groups is 1. The van der Waals surface area contributed by atoms with Crippen molar-refractivity contribution in [1.29, 1.82) is 0 Å². The Morgan fingerprint density at radius 3 is 2.81 bits per heavy atom. The molecular formula is C12H20N2OS. The summed E-state index contributed by atoms with van der Waals surface area (Å²) in [5.41, 5.74) is 0. The maximum atomic E-state index is 11.8. The maximum absolute atomic E-state index is 11.8. The normalized spacial score (nSPS) is 12.2. The number of hydrogen-bond acceptors (Lipinski definition) is 2. The molecule has 0 fully saturated rings. The molecule has 90 valence electrons. The smallest absolute Gasteiger partial charge is 0.317 e. The van der Waals surface area contributed by atoms with Crippen LogP contribution in [0.1, 0.15) is 37.6 Å². The Labute approximate surface area is 101 Å². The van der Waals surface area contributed by atoms with Crippen LogP contribution in [0.4, 0.5) is 4.79 Å². The van der Waals surface area contributed by atoms with Crippen LogP contribution in [0.5, 0.6) is 0 Å². The van der Waals surface area contributed by atoms with Crippen molar-refractivity contribution in [1.82, 2.24) is 10.2 Å². The Balaban J connectivity index is 2.62. The van der Waals surface area contributed by atoms with E-state index >= 15 is 0 Å². The second-order valence-electron chi connectivity index (χ2n) is 3.82. The molecule has 1 aromatic heterocycles. The summed E-state index contributed by atoms with van der Waals surface area (Å²) < 4.78 is 0. The first-order valence-corrected chi connectivity index (χ1v) is 6.62. The standard InChI is InChI=1S/C12H20N2OS/c1-4-7-10(11-8-6-9-16-11)13-12(15)14(3)5-2/h6,8-10H,4-5,7H2,1-3H3,(H,13,15). The highest BCUT2D eigenvalue weighted by Crippen LogP contribution is 2.23. The van der Waals surface area contributed by atoms with E-state index in [0.717, 1.165) is 19.4 Å². The van der Waals surface area contributed by atoms with Crippen LogP contribution >= 0.6 is 11.3 Å². The summed E-state index contributed by atoms with van der Waals surface area (Å²) in [6.45, 7) is 4.84. The first-order valence-electron chi connectivity index (χ1n) is 5.74. The summed E-state index contributed by atoms with van der Waals surface area (Å²) in [6, 6.07) is 4.27. The van der Waals surface area contributed by atoms with Crippen molar-refractivity contribution in [2.75, 3.05) is 13.6 Å². The van der Waals surface area contributed by atoms with Crippen molar-refractivity contribution < 1.29 is 4.79 Å². The lowest BCUT2D eigenvalue weighted by molar-refractivity contribution is 0.206. The number of rotatable bonds is 5. The van der Waals surface area contributed by atoms with E-state index in [1.165, 1.54) is 4.88 Å². The van der Waals surface area contributed by atoms with Crippen molar-refractivity contribution >= 4 is 17.4 Å². The second kappa shape index (κ2) is 6.53. The number of thiophene rings is 1. The molecule has 1 atom stereocenters. The molecule has 0 saturated carbocycles. The highest BCUT2D eigenvalue weighted by Gasteiger charge is 2.16. The van der Waals surface area contributed by atoms with Gasteiger partial charge in [-0.3, -0.25) is 0 Å². The van der Waals surface area contributed by atoms with Crippen LogP contribution in [0.25, 0.3) is 0 Å². The number of nitrogens with one attached hydrogen (secondary N) is 1. The van der Waals surface area contributed by atoms with Gasteiger partial charge in [0.1, 0.15) is 0 Å². The SMILES string of the molecule is CCCC(NC(=O)N(C)CC)c1cccs1. The average Bonchev–Trinajstić information content (AvgIpc) is 2.80. The van der Waals surface area contributed by atoms with E-state index in [1.807, 2.05) is 25.4 Å². The van der Waals surface area contributed by atoms with Crippen LogP contribution in [-0.4, -0.2) is 24.5 Å². The lowest BCUT2D eigenvalue weighted by Gasteiger charge is -2.21. The predicted molar refractivity (Wildman–Crippen MR) is 68.8 cm³/mol. The second-order valence-corrected chi connectivity index (χ2v) is 4.80. The molecule has 0 aliphatic rings. The summed E-state index contributed by atoms with van der Waals surface area (Å²) in [5.74, 6) is 0. The van der Waals surface area contributed by atoms with Gasteiger partial charge < -0.3 is 10.2 Å². The highest BCUT2D eigenvalue weighted by atomic mass is 32.1. The topological polar surface area (TPSA) is 32.3 Å². The Kier molecular flexibility index (Phi) is 5.32. The molecule has 0 aliphatic heterocycles. The van der Waals surface area contributed by atoms with Crippen LogP contribution in [0, 0.1) is 0 Å². The molecule has 2 amide bonds.